The van der Waals surface area contributed by atoms with Crippen LogP contribution in [0.25, 0.3) is 10.9 Å². The van der Waals surface area contributed by atoms with Gasteiger partial charge >= 0.3 is 0 Å². The summed E-state index contributed by atoms with van der Waals surface area (Å²) in [6, 6.07) is 15.1. The predicted octanol–water partition coefficient (Wildman–Crippen LogP) is 2.84. The Bertz CT molecular complexity index is 976. The van der Waals surface area contributed by atoms with Crippen LogP contribution in [-0.4, -0.2) is 17.5 Å². The minimum atomic E-state index is -0.271. The van der Waals surface area contributed by atoms with Crippen LogP contribution in [-0.2, 0) is 11.3 Å². The average Bonchev–Trinajstić information content (AvgIpc) is 2.59. The first-order valence-corrected chi connectivity index (χ1v) is 8.10. The number of carbonyl (C=O) groups is 1. The Kier molecular flexibility index (Phi) is 4.84. The van der Waals surface area contributed by atoms with E-state index in [9.17, 15) is 9.59 Å². The molecule has 1 heterocycles. The van der Waals surface area contributed by atoms with Gasteiger partial charge in [-0.25, -0.2) is 0 Å². The van der Waals surface area contributed by atoms with E-state index in [0.717, 1.165) is 22.0 Å². The fourth-order valence-corrected chi connectivity index (χ4v) is 2.61. The van der Waals surface area contributed by atoms with Crippen molar-refractivity contribution in [3.05, 3.63) is 75.6 Å². The number of aromatic nitrogens is 1. The molecule has 0 radical (unpaired) electrons. The second-order valence-corrected chi connectivity index (χ2v) is 6.05. The number of hydrogen-bond donors (Lipinski definition) is 2. The SMILES string of the molecule is Cc1ccc2[nH]c(=O)c(CNC(=O)COc3ccccc3C)cc2c1. The van der Waals surface area contributed by atoms with Gasteiger partial charge in [-0.15, -0.1) is 0 Å². The number of nitrogens with one attached hydrogen (secondary N) is 2. The van der Waals surface area contributed by atoms with Gasteiger partial charge < -0.3 is 15.0 Å². The molecule has 0 atom stereocenters. The maximum atomic E-state index is 12.1. The van der Waals surface area contributed by atoms with E-state index in [1.165, 1.54) is 0 Å². The highest BCUT2D eigenvalue weighted by molar-refractivity contribution is 5.80. The van der Waals surface area contributed by atoms with Crippen LogP contribution in [0, 0.1) is 13.8 Å². The summed E-state index contributed by atoms with van der Waals surface area (Å²) < 4.78 is 5.51. The Morgan fingerprint density at radius 1 is 1.12 bits per heavy atom. The van der Waals surface area contributed by atoms with E-state index in [1.807, 2.05) is 62.4 Å². The Hall–Kier alpha value is -3.08. The molecule has 0 unspecified atom stereocenters. The largest absolute Gasteiger partial charge is 0.484 e. The molecule has 5 heteroatoms. The molecule has 3 rings (SSSR count). The smallest absolute Gasteiger partial charge is 0.258 e. The first kappa shape index (κ1) is 16.8. The van der Waals surface area contributed by atoms with E-state index >= 15 is 0 Å². The standard InChI is InChI=1S/C20H20N2O3/c1-13-7-8-17-15(9-13)10-16(20(24)22-17)11-21-19(23)12-25-18-6-4-3-5-14(18)2/h3-10H,11-12H2,1-2H3,(H,21,23)(H,22,24). The molecule has 25 heavy (non-hydrogen) atoms. The van der Waals surface area contributed by atoms with E-state index in [1.54, 1.807) is 0 Å². The van der Waals surface area contributed by atoms with Gasteiger partial charge in [0.1, 0.15) is 5.75 Å². The lowest BCUT2D eigenvalue weighted by Gasteiger charge is -2.09. The zero-order valence-corrected chi connectivity index (χ0v) is 14.3. The molecule has 0 saturated heterocycles. The number of aryl methyl sites for hydroxylation is 2. The summed E-state index contributed by atoms with van der Waals surface area (Å²) in [5.41, 5.74) is 3.19. The fraction of sp³-hybridized carbons (Fsp3) is 0.200. The molecule has 3 aromatic rings. The number of pyridine rings is 1. The second-order valence-electron chi connectivity index (χ2n) is 6.05. The molecule has 0 saturated carbocycles. The van der Waals surface area contributed by atoms with Gasteiger partial charge in [-0.3, -0.25) is 9.59 Å². The number of ether oxygens (including phenoxy) is 1. The van der Waals surface area contributed by atoms with Gasteiger partial charge in [0.2, 0.25) is 0 Å². The highest BCUT2D eigenvalue weighted by atomic mass is 16.5. The molecule has 0 aliphatic carbocycles. The molecule has 0 bridgehead atoms. The molecule has 1 amide bonds. The van der Waals surface area contributed by atoms with Gasteiger partial charge in [-0.1, -0.05) is 29.8 Å². The van der Waals surface area contributed by atoms with Crippen LogP contribution in [0.1, 0.15) is 16.7 Å². The molecule has 2 aromatic carbocycles. The highest BCUT2D eigenvalue weighted by Crippen LogP contribution is 2.16. The summed E-state index contributed by atoms with van der Waals surface area (Å²) in [5, 5.41) is 3.67. The average molecular weight is 336 g/mol. The molecule has 1 aromatic heterocycles. The third-order valence-electron chi connectivity index (χ3n) is 4.01. The Balaban J connectivity index is 1.64. The summed E-state index contributed by atoms with van der Waals surface area (Å²) in [5.74, 6) is 0.406. The third kappa shape index (κ3) is 4.07. The van der Waals surface area contributed by atoms with Gasteiger partial charge in [0.25, 0.3) is 11.5 Å². The van der Waals surface area contributed by atoms with Gasteiger partial charge in [-0.2, -0.15) is 0 Å². The van der Waals surface area contributed by atoms with Crippen LogP contribution in [0.15, 0.2) is 53.3 Å². The fourth-order valence-electron chi connectivity index (χ4n) is 2.61. The molecular weight excluding hydrogens is 316 g/mol. The summed E-state index contributed by atoms with van der Waals surface area (Å²) in [7, 11) is 0. The van der Waals surface area contributed by atoms with Crippen LogP contribution in [0.2, 0.25) is 0 Å². The van der Waals surface area contributed by atoms with E-state index in [0.29, 0.717) is 11.3 Å². The molecule has 0 fully saturated rings. The number of carbonyl (C=O) groups excluding carboxylic acids is 1. The first-order chi connectivity index (χ1) is 12.0. The Labute approximate surface area is 145 Å². The maximum absolute atomic E-state index is 12.1. The minimum absolute atomic E-state index is 0.0878. The lowest BCUT2D eigenvalue weighted by Crippen LogP contribution is -2.30. The summed E-state index contributed by atoms with van der Waals surface area (Å²) >= 11 is 0. The summed E-state index contributed by atoms with van der Waals surface area (Å²) in [6.07, 6.45) is 0. The van der Waals surface area contributed by atoms with Crippen molar-refractivity contribution in [3.63, 3.8) is 0 Å². The van der Waals surface area contributed by atoms with Crippen LogP contribution < -0.4 is 15.6 Å². The molecule has 0 spiro atoms. The number of aromatic amines is 1. The zero-order valence-electron chi connectivity index (χ0n) is 14.3. The van der Waals surface area contributed by atoms with Crippen molar-refractivity contribution in [1.82, 2.24) is 10.3 Å². The first-order valence-electron chi connectivity index (χ1n) is 8.10. The van der Waals surface area contributed by atoms with Gasteiger partial charge in [0, 0.05) is 17.6 Å². The molecule has 0 aliphatic rings. The molecule has 128 valence electrons. The number of fused-ring (bicyclic) bond motifs is 1. The topological polar surface area (TPSA) is 71.2 Å². The second kappa shape index (κ2) is 7.21. The predicted molar refractivity (Wildman–Crippen MR) is 97.8 cm³/mol. The van der Waals surface area contributed by atoms with E-state index in [2.05, 4.69) is 10.3 Å². The highest BCUT2D eigenvalue weighted by Gasteiger charge is 2.07. The molecule has 0 aliphatic heterocycles. The van der Waals surface area contributed by atoms with Gasteiger partial charge in [-0.05, 0) is 49.1 Å². The van der Waals surface area contributed by atoms with Crippen LogP contribution in [0.5, 0.6) is 5.75 Å². The maximum Gasteiger partial charge on any atom is 0.258 e. The number of hydrogen-bond acceptors (Lipinski definition) is 3. The molecular formula is C20H20N2O3. The van der Waals surface area contributed by atoms with Crippen LogP contribution >= 0.6 is 0 Å². The lowest BCUT2D eigenvalue weighted by atomic mass is 10.1. The zero-order chi connectivity index (χ0) is 17.8. The van der Waals surface area contributed by atoms with Crippen LogP contribution in [0.3, 0.4) is 0 Å². The number of para-hydroxylation sites is 1. The van der Waals surface area contributed by atoms with Crippen molar-refractivity contribution < 1.29 is 9.53 Å². The Morgan fingerprint density at radius 3 is 2.72 bits per heavy atom. The van der Waals surface area contributed by atoms with Gasteiger partial charge in [0.15, 0.2) is 6.61 Å². The van der Waals surface area contributed by atoms with Crippen molar-refractivity contribution in [2.24, 2.45) is 0 Å². The number of benzene rings is 2. The van der Waals surface area contributed by atoms with Crippen molar-refractivity contribution in [2.75, 3.05) is 6.61 Å². The quantitative estimate of drug-likeness (QED) is 0.752. The minimum Gasteiger partial charge on any atom is -0.484 e. The van der Waals surface area contributed by atoms with Crippen molar-refractivity contribution in [3.8, 4) is 5.75 Å². The number of amides is 1. The number of rotatable bonds is 5. The normalized spacial score (nSPS) is 10.6. The van der Waals surface area contributed by atoms with E-state index in [4.69, 9.17) is 4.74 Å². The molecule has 5 nitrogen and oxygen atoms in total. The van der Waals surface area contributed by atoms with E-state index < -0.39 is 0 Å². The summed E-state index contributed by atoms with van der Waals surface area (Å²) in [6.45, 7) is 3.99. The van der Waals surface area contributed by atoms with Crippen LogP contribution in [0.4, 0.5) is 0 Å². The van der Waals surface area contributed by atoms with Crippen molar-refractivity contribution in [2.45, 2.75) is 20.4 Å². The summed E-state index contributed by atoms with van der Waals surface area (Å²) in [4.78, 5) is 26.9. The number of H-pyrrole nitrogens is 1. The monoisotopic (exact) mass is 336 g/mol. The van der Waals surface area contributed by atoms with Crippen molar-refractivity contribution >= 4 is 16.8 Å². The van der Waals surface area contributed by atoms with E-state index in [-0.39, 0.29) is 24.6 Å². The Morgan fingerprint density at radius 2 is 1.92 bits per heavy atom. The molecule has 2 N–H and O–H groups in total. The lowest BCUT2D eigenvalue weighted by molar-refractivity contribution is -0.123. The third-order valence-corrected chi connectivity index (χ3v) is 4.01. The van der Waals surface area contributed by atoms with Crippen molar-refractivity contribution in [1.29, 1.82) is 0 Å². The van der Waals surface area contributed by atoms with Gasteiger partial charge in [0.05, 0.1) is 0 Å².